The molecule has 0 aromatic carbocycles. The average molecular weight is 323 g/mol. The second-order valence-electron chi connectivity index (χ2n) is 6.31. The summed E-state index contributed by atoms with van der Waals surface area (Å²) in [6.45, 7) is 2.18. The minimum atomic E-state index is -0.235. The van der Waals surface area contributed by atoms with E-state index >= 15 is 0 Å². The maximum atomic E-state index is 11.9. The number of nitrogens with zero attached hydrogens (tertiary/aromatic N) is 1. The number of aliphatic hydroxyl groups is 1. The monoisotopic (exact) mass is 323 g/mol. The quantitative estimate of drug-likeness (QED) is 0.459. The summed E-state index contributed by atoms with van der Waals surface area (Å²) in [6.07, 6.45) is 15.7. The normalized spacial score (nSPS) is 12.3. The van der Waals surface area contributed by atoms with Crippen molar-refractivity contribution < 1.29 is 9.90 Å². The first-order chi connectivity index (χ1) is 11.3. The molecule has 0 unspecified atom stereocenters. The Labute approximate surface area is 140 Å². The highest BCUT2D eigenvalue weighted by molar-refractivity contribution is 5.76. The first-order valence-corrected chi connectivity index (χ1v) is 9.13. The predicted octanol–water partition coefficient (Wildman–Crippen LogP) is 3.35. The van der Waals surface area contributed by atoms with Crippen molar-refractivity contribution in [3.05, 3.63) is 18.2 Å². The van der Waals surface area contributed by atoms with Crippen LogP contribution in [-0.2, 0) is 11.2 Å². The number of aromatic amines is 1. The molecular weight excluding hydrogens is 290 g/mol. The molecule has 0 aliphatic rings. The van der Waals surface area contributed by atoms with Gasteiger partial charge in [-0.25, -0.2) is 4.98 Å². The van der Waals surface area contributed by atoms with Crippen molar-refractivity contribution in [2.45, 2.75) is 83.6 Å². The highest BCUT2D eigenvalue weighted by Gasteiger charge is 2.12. The standard InChI is InChI=1S/C18H33N3O2/c1-2-3-4-5-6-7-8-9-10-11-18(23)21-17(14-22)12-16-13-19-15-20-16/h13,15,17,22H,2-12,14H2,1H3,(H,19,20)(H,21,23)/t17-/m0/s1. The van der Waals surface area contributed by atoms with Gasteiger partial charge >= 0.3 is 0 Å². The molecule has 0 spiro atoms. The van der Waals surface area contributed by atoms with E-state index in [-0.39, 0.29) is 18.6 Å². The Bertz CT molecular complexity index is 393. The van der Waals surface area contributed by atoms with Crippen molar-refractivity contribution in [1.82, 2.24) is 15.3 Å². The van der Waals surface area contributed by atoms with Crippen molar-refractivity contribution in [3.8, 4) is 0 Å². The molecule has 1 heterocycles. The Morgan fingerprint density at radius 2 is 1.83 bits per heavy atom. The molecule has 0 aliphatic carbocycles. The second kappa shape index (κ2) is 13.1. The molecule has 0 aliphatic heterocycles. The van der Waals surface area contributed by atoms with Gasteiger partial charge in [-0.3, -0.25) is 4.79 Å². The first kappa shape index (κ1) is 19.7. The van der Waals surface area contributed by atoms with Gasteiger partial charge < -0.3 is 15.4 Å². The Balaban J connectivity index is 2.00. The number of H-pyrrole nitrogens is 1. The zero-order valence-electron chi connectivity index (χ0n) is 14.5. The molecule has 0 saturated heterocycles. The number of rotatable bonds is 14. The fourth-order valence-corrected chi connectivity index (χ4v) is 2.72. The topological polar surface area (TPSA) is 78.0 Å². The summed E-state index contributed by atoms with van der Waals surface area (Å²) in [7, 11) is 0. The van der Waals surface area contributed by atoms with E-state index in [1.54, 1.807) is 12.5 Å². The lowest BCUT2D eigenvalue weighted by Crippen LogP contribution is -2.39. The van der Waals surface area contributed by atoms with Crippen LogP contribution in [0, 0.1) is 0 Å². The van der Waals surface area contributed by atoms with Crippen LogP contribution in [0.25, 0.3) is 0 Å². The predicted molar refractivity (Wildman–Crippen MR) is 93.2 cm³/mol. The van der Waals surface area contributed by atoms with Gasteiger partial charge in [-0.05, 0) is 6.42 Å². The van der Waals surface area contributed by atoms with E-state index in [1.165, 1.54) is 44.9 Å². The molecule has 1 aromatic heterocycles. The van der Waals surface area contributed by atoms with Crippen LogP contribution in [0.3, 0.4) is 0 Å². The van der Waals surface area contributed by atoms with E-state index in [0.717, 1.165) is 18.5 Å². The molecule has 5 heteroatoms. The zero-order valence-corrected chi connectivity index (χ0v) is 14.5. The smallest absolute Gasteiger partial charge is 0.220 e. The molecule has 23 heavy (non-hydrogen) atoms. The summed E-state index contributed by atoms with van der Waals surface area (Å²) in [6, 6.07) is -0.235. The number of hydrogen-bond acceptors (Lipinski definition) is 3. The summed E-state index contributed by atoms with van der Waals surface area (Å²) < 4.78 is 0. The van der Waals surface area contributed by atoms with Crippen LogP contribution in [0.2, 0.25) is 0 Å². The number of carbonyl (C=O) groups is 1. The van der Waals surface area contributed by atoms with E-state index < -0.39 is 0 Å². The molecule has 1 atom stereocenters. The van der Waals surface area contributed by atoms with Gasteiger partial charge in [0.25, 0.3) is 0 Å². The third-order valence-electron chi connectivity index (χ3n) is 4.11. The largest absolute Gasteiger partial charge is 0.394 e. The lowest BCUT2D eigenvalue weighted by Gasteiger charge is -2.15. The van der Waals surface area contributed by atoms with Gasteiger partial charge in [0.1, 0.15) is 0 Å². The Kier molecular flexibility index (Phi) is 11.2. The molecule has 1 amide bonds. The third kappa shape index (κ3) is 10.1. The molecule has 0 fully saturated rings. The van der Waals surface area contributed by atoms with Crippen LogP contribution < -0.4 is 5.32 Å². The fraction of sp³-hybridized carbons (Fsp3) is 0.778. The highest BCUT2D eigenvalue weighted by atomic mass is 16.3. The average Bonchev–Trinajstić information content (AvgIpc) is 3.05. The van der Waals surface area contributed by atoms with Gasteiger partial charge in [0.2, 0.25) is 5.91 Å². The minimum Gasteiger partial charge on any atom is -0.394 e. The van der Waals surface area contributed by atoms with Crippen LogP contribution in [0.4, 0.5) is 0 Å². The number of unbranched alkanes of at least 4 members (excludes halogenated alkanes) is 8. The maximum Gasteiger partial charge on any atom is 0.220 e. The van der Waals surface area contributed by atoms with Gasteiger partial charge in [0.15, 0.2) is 0 Å². The summed E-state index contributed by atoms with van der Waals surface area (Å²) in [5, 5.41) is 12.2. The molecule has 0 saturated carbocycles. The number of amides is 1. The number of imidazole rings is 1. The van der Waals surface area contributed by atoms with Gasteiger partial charge in [0.05, 0.1) is 19.0 Å². The highest BCUT2D eigenvalue weighted by Crippen LogP contribution is 2.10. The zero-order chi connectivity index (χ0) is 16.8. The van der Waals surface area contributed by atoms with E-state index in [9.17, 15) is 9.90 Å². The van der Waals surface area contributed by atoms with E-state index in [1.807, 2.05) is 0 Å². The van der Waals surface area contributed by atoms with Crippen LogP contribution in [0.15, 0.2) is 12.5 Å². The van der Waals surface area contributed by atoms with E-state index in [4.69, 9.17) is 0 Å². The van der Waals surface area contributed by atoms with E-state index in [2.05, 4.69) is 22.2 Å². The first-order valence-electron chi connectivity index (χ1n) is 9.13. The van der Waals surface area contributed by atoms with Crippen molar-refractivity contribution in [2.24, 2.45) is 0 Å². The molecule has 0 bridgehead atoms. The maximum absolute atomic E-state index is 11.9. The number of aliphatic hydroxyl groups excluding tert-OH is 1. The number of carbonyl (C=O) groups excluding carboxylic acids is 1. The van der Waals surface area contributed by atoms with Crippen LogP contribution >= 0.6 is 0 Å². The number of hydrogen-bond donors (Lipinski definition) is 3. The summed E-state index contributed by atoms with van der Waals surface area (Å²) in [5.74, 6) is 0.0338. The molecule has 0 radical (unpaired) electrons. The van der Waals surface area contributed by atoms with Crippen LogP contribution in [0.5, 0.6) is 0 Å². The van der Waals surface area contributed by atoms with Gasteiger partial charge in [-0.15, -0.1) is 0 Å². The Hall–Kier alpha value is -1.36. The lowest BCUT2D eigenvalue weighted by atomic mass is 10.1. The fourth-order valence-electron chi connectivity index (χ4n) is 2.72. The Morgan fingerprint density at radius 1 is 1.17 bits per heavy atom. The molecule has 5 nitrogen and oxygen atoms in total. The van der Waals surface area contributed by atoms with Crippen molar-refractivity contribution in [2.75, 3.05) is 6.61 Å². The minimum absolute atomic E-state index is 0.0338. The second-order valence-corrected chi connectivity index (χ2v) is 6.31. The van der Waals surface area contributed by atoms with Crippen LogP contribution in [-0.4, -0.2) is 33.6 Å². The van der Waals surface area contributed by atoms with Crippen LogP contribution in [0.1, 0.15) is 76.8 Å². The third-order valence-corrected chi connectivity index (χ3v) is 4.11. The SMILES string of the molecule is CCCCCCCCCCCC(=O)N[C@H](CO)Cc1cnc[nH]1. The van der Waals surface area contributed by atoms with Gasteiger partial charge in [0, 0.05) is 24.7 Å². The number of aromatic nitrogens is 2. The van der Waals surface area contributed by atoms with E-state index in [0.29, 0.717) is 12.8 Å². The number of nitrogens with one attached hydrogen (secondary N) is 2. The summed E-state index contributed by atoms with van der Waals surface area (Å²) >= 11 is 0. The van der Waals surface area contributed by atoms with Crippen molar-refractivity contribution in [3.63, 3.8) is 0 Å². The van der Waals surface area contributed by atoms with Gasteiger partial charge in [-0.1, -0.05) is 58.3 Å². The van der Waals surface area contributed by atoms with Crippen molar-refractivity contribution in [1.29, 1.82) is 0 Å². The molecule has 132 valence electrons. The van der Waals surface area contributed by atoms with Crippen molar-refractivity contribution >= 4 is 5.91 Å². The molecule has 1 rings (SSSR count). The van der Waals surface area contributed by atoms with Gasteiger partial charge in [-0.2, -0.15) is 0 Å². The lowest BCUT2D eigenvalue weighted by molar-refractivity contribution is -0.122. The molecule has 1 aromatic rings. The molecule has 3 N–H and O–H groups in total. The summed E-state index contributed by atoms with van der Waals surface area (Å²) in [5.41, 5.74) is 0.924. The Morgan fingerprint density at radius 3 is 2.39 bits per heavy atom. The summed E-state index contributed by atoms with van der Waals surface area (Å²) in [4.78, 5) is 18.8. The molecular formula is C18H33N3O2.